The van der Waals surface area contributed by atoms with Gasteiger partial charge in [-0.1, -0.05) is 20.8 Å². The summed E-state index contributed by atoms with van der Waals surface area (Å²) in [6, 6.07) is 1.99. The van der Waals surface area contributed by atoms with E-state index < -0.39 is 0 Å². The smallest absolute Gasteiger partial charge is 0.243 e. The molecule has 0 aliphatic carbocycles. The fourth-order valence-electron chi connectivity index (χ4n) is 1.27. The lowest BCUT2D eigenvalue weighted by molar-refractivity contribution is -0.129. The van der Waals surface area contributed by atoms with Gasteiger partial charge < -0.3 is 4.90 Å². The van der Waals surface area contributed by atoms with Gasteiger partial charge in [-0.25, -0.2) is 0 Å². The zero-order valence-corrected chi connectivity index (χ0v) is 10.8. The number of carbonyl (C=O) groups is 1. The second kappa shape index (κ2) is 4.68. The molecule has 4 heteroatoms. The molecular weight excluding hydrogens is 202 g/mol. The SMILES string of the molecule is CCC(C)(C)c1ccn(CC(=O)N(C)C)n1. The van der Waals surface area contributed by atoms with Crippen LogP contribution in [-0.2, 0) is 16.8 Å². The number of amides is 1. The normalized spacial score (nSPS) is 11.6. The van der Waals surface area contributed by atoms with Crippen molar-refractivity contribution in [2.75, 3.05) is 14.1 Å². The van der Waals surface area contributed by atoms with Gasteiger partial charge in [-0.15, -0.1) is 0 Å². The van der Waals surface area contributed by atoms with E-state index in [4.69, 9.17) is 0 Å². The molecule has 0 spiro atoms. The Morgan fingerprint density at radius 1 is 1.50 bits per heavy atom. The van der Waals surface area contributed by atoms with Crippen LogP contribution in [0.2, 0.25) is 0 Å². The van der Waals surface area contributed by atoms with Crippen LogP contribution in [0.15, 0.2) is 12.3 Å². The Bertz CT molecular complexity index is 366. The maximum absolute atomic E-state index is 11.5. The fraction of sp³-hybridized carbons (Fsp3) is 0.667. The molecule has 0 N–H and O–H groups in total. The standard InChI is InChI=1S/C12H21N3O/c1-6-12(2,3)10-7-8-15(13-10)9-11(16)14(4)5/h7-8H,6,9H2,1-5H3. The highest BCUT2D eigenvalue weighted by Crippen LogP contribution is 2.24. The summed E-state index contributed by atoms with van der Waals surface area (Å²) in [5.41, 5.74) is 1.12. The predicted molar refractivity (Wildman–Crippen MR) is 64.2 cm³/mol. The van der Waals surface area contributed by atoms with E-state index in [2.05, 4.69) is 25.9 Å². The highest BCUT2D eigenvalue weighted by atomic mass is 16.2. The maximum Gasteiger partial charge on any atom is 0.243 e. The Balaban J connectivity index is 2.76. The number of rotatable bonds is 4. The summed E-state index contributed by atoms with van der Waals surface area (Å²) in [7, 11) is 3.51. The van der Waals surface area contributed by atoms with Crippen molar-refractivity contribution < 1.29 is 4.79 Å². The largest absolute Gasteiger partial charge is 0.347 e. The van der Waals surface area contributed by atoms with Crippen molar-refractivity contribution in [3.05, 3.63) is 18.0 Å². The van der Waals surface area contributed by atoms with Crippen LogP contribution in [-0.4, -0.2) is 34.7 Å². The third-order valence-electron chi connectivity index (χ3n) is 3.01. The van der Waals surface area contributed by atoms with Gasteiger partial charge in [0.1, 0.15) is 6.54 Å². The van der Waals surface area contributed by atoms with Crippen molar-refractivity contribution in [3.8, 4) is 0 Å². The predicted octanol–water partition coefficient (Wildman–Crippen LogP) is 1.66. The molecule has 0 radical (unpaired) electrons. The van der Waals surface area contributed by atoms with Crippen LogP contribution in [0.25, 0.3) is 0 Å². The van der Waals surface area contributed by atoms with Gasteiger partial charge in [-0.3, -0.25) is 9.48 Å². The fourth-order valence-corrected chi connectivity index (χ4v) is 1.27. The Morgan fingerprint density at radius 3 is 2.62 bits per heavy atom. The molecule has 0 saturated carbocycles. The highest BCUT2D eigenvalue weighted by Gasteiger charge is 2.21. The lowest BCUT2D eigenvalue weighted by Crippen LogP contribution is -2.27. The number of hydrogen-bond donors (Lipinski definition) is 0. The first kappa shape index (κ1) is 12.7. The van der Waals surface area contributed by atoms with Crippen LogP contribution in [0.1, 0.15) is 32.9 Å². The molecule has 0 aliphatic rings. The van der Waals surface area contributed by atoms with Gasteiger partial charge in [-0.05, 0) is 12.5 Å². The van der Waals surface area contributed by atoms with Crippen molar-refractivity contribution >= 4 is 5.91 Å². The topological polar surface area (TPSA) is 38.1 Å². The van der Waals surface area contributed by atoms with Crippen LogP contribution in [0.3, 0.4) is 0 Å². The Morgan fingerprint density at radius 2 is 2.12 bits per heavy atom. The molecular formula is C12H21N3O. The van der Waals surface area contributed by atoms with Gasteiger partial charge in [0.15, 0.2) is 0 Å². The van der Waals surface area contributed by atoms with E-state index in [1.807, 2.05) is 12.3 Å². The van der Waals surface area contributed by atoms with Crippen LogP contribution < -0.4 is 0 Å². The lowest BCUT2D eigenvalue weighted by Gasteiger charge is -2.19. The zero-order chi connectivity index (χ0) is 12.3. The molecule has 16 heavy (non-hydrogen) atoms. The molecule has 1 heterocycles. The summed E-state index contributed by atoms with van der Waals surface area (Å²) in [5, 5.41) is 4.44. The molecule has 90 valence electrons. The van der Waals surface area contributed by atoms with E-state index in [-0.39, 0.29) is 11.3 Å². The van der Waals surface area contributed by atoms with Gasteiger partial charge in [0.25, 0.3) is 0 Å². The minimum atomic E-state index is 0.0592. The van der Waals surface area contributed by atoms with E-state index in [0.29, 0.717) is 6.54 Å². The van der Waals surface area contributed by atoms with Crippen LogP contribution in [0.4, 0.5) is 0 Å². The van der Waals surface area contributed by atoms with E-state index >= 15 is 0 Å². The summed E-state index contributed by atoms with van der Waals surface area (Å²) in [6.07, 6.45) is 2.90. The first-order valence-electron chi connectivity index (χ1n) is 5.61. The van der Waals surface area contributed by atoms with Crippen LogP contribution >= 0.6 is 0 Å². The molecule has 0 saturated heterocycles. The molecule has 0 aromatic carbocycles. The molecule has 1 amide bonds. The summed E-state index contributed by atoms with van der Waals surface area (Å²) < 4.78 is 1.70. The first-order valence-corrected chi connectivity index (χ1v) is 5.61. The third-order valence-corrected chi connectivity index (χ3v) is 3.01. The molecule has 0 bridgehead atoms. The number of carbonyl (C=O) groups excluding carboxylic acids is 1. The molecule has 4 nitrogen and oxygen atoms in total. The molecule has 1 aromatic heterocycles. The Hall–Kier alpha value is -1.32. The van der Waals surface area contributed by atoms with Crippen molar-refractivity contribution in [3.63, 3.8) is 0 Å². The number of likely N-dealkylation sites (N-methyl/N-ethyl adjacent to an activating group) is 1. The molecule has 1 rings (SSSR count). The average Bonchev–Trinajstić information content (AvgIpc) is 2.66. The van der Waals surface area contributed by atoms with Gasteiger partial charge in [0.05, 0.1) is 5.69 Å². The summed E-state index contributed by atoms with van der Waals surface area (Å²) in [4.78, 5) is 13.1. The summed E-state index contributed by atoms with van der Waals surface area (Å²) >= 11 is 0. The van der Waals surface area contributed by atoms with E-state index in [9.17, 15) is 4.79 Å². The second-order valence-electron chi connectivity index (χ2n) is 4.92. The highest BCUT2D eigenvalue weighted by molar-refractivity contribution is 5.75. The van der Waals surface area contributed by atoms with Crippen LogP contribution in [0, 0.1) is 0 Å². The van der Waals surface area contributed by atoms with Crippen molar-refractivity contribution in [2.45, 2.75) is 39.2 Å². The molecule has 1 aromatic rings. The third kappa shape index (κ3) is 2.84. The Labute approximate surface area is 97.2 Å². The molecule has 0 fully saturated rings. The van der Waals surface area contributed by atoms with E-state index in [0.717, 1.165) is 12.1 Å². The monoisotopic (exact) mass is 223 g/mol. The maximum atomic E-state index is 11.5. The number of aromatic nitrogens is 2. The van der Waals surface area contributed by atoms with Crippen LogP contribution in [0.5, 0.6) is 0 Å². The first-order chi connectivity index (χ1) is 7.36. The minimum Gasteiger partial charge on any atom is -0.347 e. The quantitative estimate of drug-likeness (QED) is 0.778. The van der Waals surface area contributed by atoms with Crippen molar-refractivity contribution in [1.82, 2.24) is 14.7 Å². The minimum absolute atomic E-state index is 0.0592. The molecule has 0 unspecified atom stereocenters. The number of hydrogen-bond acceptors (Lipinski definition) is 2. The van der Waals surface area contributed by atoms with Gasteiger partial charge in [0, 0.05) is 25.7 Å². The lowest BCUT2D eigenvalue weighted by atomic mass is 9.87. The molecule has 0 aliphatic heterocycles. The van der Waals surface area contributed by atoms with Crippen molar-refractivity contribution in [2.24, 2.45) is 0 Å². The average molecular weight is 223 g/mol. The second-order valence-corrected chi connectivity index (χ2v) is 4.92. The summed E-state index contributed by atoms with van der Waals surface area (Å²) in [5.74, 6) is 0.0592. The van der Waals surface area contributed by atoms with Gasteiger partial charge in [0.2, 0.25) is 5.91 Å². The van der Waals surface area contributed by atoms with E-state index in [1.54, 1.807) is 23.7 Å². The van der Waals surface area contributed by atoms with Crippen molar-refractivity contribution in [1.29, 1.82) is 0 Å². The number of nitrogens with zero attached hydrogens (tertiary/aromatic N) is 3. The Kier molecular flexibility index (Phi) is 3.73. The summed E-state index contributed by atoms with van der Waals surface area (Å²) in [6.45, 7) is 6.78. The van der Waals surface area contributed by atoms with E-state index in [1.165, 1.54) is 0 Å². The zero-order valence-electron chi connectivity index (χ0n) is 10.8. The van der Waals surface area contributed by atoms with Gasteiger partial charge in [-0.2, -0.15) is 5.10 Å². The molecule has 0 atom stereocenters. The van der Waals surface area contributed by atoms with Gasteiger partial charge >= 0.3 is 0 Å².